The highest BCUT2D eigenvalue weighted by Gasteiger charge is 2.55. The van der Waals surface area contributed by atoms with Gasteiger partial charge in [-0.3, -0.25) is 23.7 Å². The van der Waals surface area contributed by atoms with E-state index < -0.39 is 58.5 Å². The molecule has 3 atom stereocenters. The van der Waals surface area contributed by atoms with E-state index in [9.17, 15) is 31.9 Å². The molecule has 1 saturated carbocycles. The number of hydrogen-bond acceptors (Lipinski definition) is 5. The summed E-state index contributed by atoms with van der Waals surface area (Å²) in [6.45, 7) is 2.79. The zero-order valence-corrected chi connectivity index (χ0v) is 26.3. The van der Waals surface area contributed by atoms with Crippen LogP contribution in [0.5, 0.6) is 0 Å². The first-order valence-corrected chi connectivity index (χ1v) is 14.9. The number of hydrogen-bond donors (Lipinski definition) is 1. The average Bonchev–Trinajstić information content (AvgIpc) is 3.46. The summed E-state index contributed by atoms with van der Waals surface area (Å²) in [6, 6.07) is 2.49. The zero-order chi connectivity index (χ0) is 34.2. The molecule has 10 nitrogen and oxygen atoms in total. The third-order valence-corrected chi connectivity index (χ3v) is 8.74. The van der Waals surface area contributed by atoms with E-state index in [2.05, 4.69) is 15.5 Å². The fourth-order valence-corrected chi connectivity index (χ4v) is 6.56. The highest BCUT2D eigenvalue weighted by Crippen LogP contribution is 2.53. The highest BCUT2D eigenvalue weighted by atomic mass is 35.5. The molecule has 4 heterocycles. The van der Waals surface area contributed by atoms with Gasteiger partial charge in [0.25, 0.3) is 11.5 Å². The van der Waals surface area contributed by atoms with E-state index in [1.165, 1.54) is 35.1 Å². The summed E-state index contributed by atoms with van der Waals surface area (Å²) in [5.74, 6) is -3.52. The summed E-state index contributed by atoms with van der Waals surface area (Å²) in [6.07, 6.45) is 0.0459. The number of carbonyl (C=O) groups excluding carboxylic acids is 2. The van der Waals surface area contributed by atoms with Crippen LogP contribution in [-0.2, 0) is 38.0 Å². The Bertz CT molecular complexity index is 1960. The first-order valence-electron chi connectivity index (χ1n) is 14.6. The zero-order valence-electron chi connectivity index (χ0n) is 25.6. The van der Waals surface area contributed by atoms with Gasteiger partial charge in [-0.1, -0.05) is 11.6 Å². The number of fused-ring (bicyclic) bond motifs is 3. The Labute approximate surface area is 269 Å². The number of rotatable bonds is 8. The van der Waals surface area contributed by atoms with Crippen LogP contribution in [0.15, 0.2) is 47.7 Å². The van der Waals surface area contributed by atoms with Gasteiger partial charge in [0.2, 0.25) is 5.91 Å². The highest BCUT2D eigenvalue weighted by molar-refractivity contribution is 6.32. The molecule has 1 aliphatic heterocycles. The monoisotopic (exact) mass is 677 g/mol. The van der Waals surface area contributed by atoms with Crippen molar-refractivity contribution in [1.82, 2.24) is 34.3 Å². The fourth-order valence-electron chi connectivity index (χ4n) is 6.27. The molecule has 1 fully saturated rings. The van der Waals surface area contributed by atoms with Crippen molar-refractivity contribution >= 4 is 23.4 Å². The third-order valence-electron chi connectivity index (χ3n) is 8.41. The normalized spacial score (nSPS) is 18.2. The molecular formula is C31H29ClF5N7O3. The van der Waals surface area contributed by atoms with Crippen LogP contribution in [0.2, 0.25) is 5.02 Å². The van der Waals surface area contributed by atoms with Crippen LogP contribution in [0.25, 0.3) is 11.3 Å². The average molecular weight is 678 g/mol. The summed E-state index contributed by atoms with van der Waals surface area (Å²) in [7, 11) is 2.95. The lowest BCUT2D eigenvalue weighted by Gasteiger charge is -2.37. The van der Waals surface area contributed by atoms with Gasteiger partial charge in [0.1, 0.15) is 11.9 Å². The van der Waals surface area contributed by atoms with Gasteiger partial charge in [0.15, 0.2) is 11.5 Å². The first-order chi connectivity index (χ1) is 21.9. The van der Waals surface area contributed by atoms with Crippen molar-refractivity contribution in [2.45, 2.75) is 63.0 Å². The van der Waals surface area contributed by atoms with Crippen LogP contribution in [0.3, 0.4) is 0 Å². The number of nitrogens with zero attached hydrogens (tertiary/aromatic N) is 6. The molecule has 1 aromatic carbocycles. The number of amides is 2. The van der Waals surface area contributed by atoms with Crippen molar-refractivity contribution in [1.29, 1.82) is 0 Å². The summed E-state index contributed by atoms with van der Waals surface area (Å²) in [5.41, 5.74) is -2.84. The van der Waals surface area contributed by atoms with Gasteiger partial charge in [-0.25, -0.2) is 8.78 Å². The van der Waals surface area contributed by atoms with Gasteiger partial charge in [-0.15, -0.1) is 0 Å². The molecule has 4 aromatic rings. The molecule has 1 aliphatic carbocycles. The molecule has 248 valence electrons. The molecule has 1 N–H and O–H groups in total. The van der Waals surface area contributed by atoms with E-state index in [0.717, 1.165) is 27.4 Å². The number of aryl methyl sites for hydroxylation is 2. The summed E-state index contributed by atoms with van der Waals surface area (Å²) in [4.78, 5) is 41.3. The lowest BCUT2D eigenvalue weighted by Crippen LogP contribution is -2.58. The molecule has 47 heavy (non-hydrogen) atoms. The van der Waals surface area contributed by atoms with Gasteiger partial charge in [0.05, 0.1) is 29.5 Å². The Kier molecular flexibility index (Phi) is 7.80. The summed E-state index contributed by atoms with van der Waals surface area (Å²) < 4.78 is 74.1. The van der Waals surface area contributed by atoms with Crippen LogP contribution < -0.4 is 10.9 Å². The lowest BCUT2D eigenvalue weighted by molar-refractivity contribution is -0.141. The molecule has 0 spiro atoms. The largest absolute Gasteiger partial charge is 0.435 e. The van der Waals surface area contributed by atoms with Gasteiger partial charge in [0, 0.05) is 55.5 Å². The van der Waals surface area contributed by atoms with Gasteiger partial charge >= 0.3 is 6.18 Å². The molecule has 2 amide bonds. The Morgan fingerprint density at radius 2 is 1.83 bits per heavy atom. The van der Waals surface area contributed by atoms with Crippen molar-refractivity contribution in [2.75, 3.05) is 0 Å². The van der Waals surface area contributed by atoms with Crippen molar-refractivity contribution in [3.63, 3.8) is 0 Å². The van der Waals surface area contributed by atoms with E-state index in [-0.39, 0.29) is 40.7 Å². The van der Waals surface area contributed by atoms with Crippen molar-refractivity contribution < 1.29 is 31.5 Å². The molecule has 2 aliphatic rings. The number of benzene rings is 1. The lowest BCUT2D eigenvalue weighted by atomic mass is 9.94. The second-order valence-electron chi connectivity index (χ2n) is 12.6. The van der Waals surface area contributed by atoms with Gasteiger partial charge in [-0.05, 0) is 55.7 Å². The van der Waals surface area contributed by atoms with E-state index in [1.807, 2.05) is 0 Å². The predicted octanol–water partition coefficient (Wildman–Crippen LogP) is 4.45. The minimum atomic E-state index is -4.84. The van der Waals surface area contributed by atoms with Crippen LogP contribution in [0.4, 0.5) is 22.0 Å². The molecular weight excluding hydrogens is 649 g/mol. The molecule has 3 aromatic heterocycles. The smallest absolute Gasteiger partial charge is 0.348 e. The molecule has 16 heteroatoms. The van der Waals surface area contributed by atoms with Crippen LogP contribution in [0, 0.1) is 11.6 Å². The number of alkyl halides is 3. The van der Waals surface area contributed by atoms with Gasteiger partial charge in [-0.2, -0.15) is 23.4 Å². The Balaban J connectivity index is 1.34. The number of halogens is 6. The number of pyridine rings is 1. The molecule has 6 rings (SSSR count). The second-order valence-corrected chi connectivity index (χ2v) is 13.0. The van der Waals surface area contributed by atoms with Gasteiger partial charge < -0.3 is 14.8 Å². The topological polar surface area (TPSA) is 107 Å². The van der Waals surface area contributed by atoms with Crippen LogP contribution in [0.1, 0.15) is 53.4 Å². The SMILES string of the molecule is Cn1cc(CC(C(=O)NC(C)(C)Cn2nc(C(F)(F)F)cc2-c2cc(F)c(=O)n(C)c2)N2C(=O)c3c(F)ccc(Cl)c3C3CC32)cn1. The minimum Gasteiger partial charge on any atom is -0.348 e. The van der Waals surface area contributed by atoms with Crippen LogP contribution in [-0.4, -0.2) is 58.5 Å². The van der Waals surface area contributed by atoms with Crippen molar-refractivity contribution in [2.24, 2.45) is 14.1 Å². The second kappa shape index (κ2) is 11.3. The molecule has 0 bridgehead atoms. The maximum Gasteiger partial charge on any atom is 0.435 e. The maximum absolute atomic E-state index is 15.1. The Hall–Kier alpha value is -4.53. The standard InChI is InChI=1S/C31H29ClF5N7O3/c1-30(2,14-43-21(10-24(40-43)31(35,36)37)16-8-20(34)28(46)41(3)13-16)39-27(45)23(7-15-11-38-42(4)12-15)44-22-9-17(22)25-18(32)5-6-19(33)26(25)29(44)47/h5-6,8,10-13,17,22-23H,7,9,14H2,1-4H3,(H,39,45). The number of carbonyl (C=O) groups is 2. The number of nitrogens with one attached hydrogen (secondary N) is 1. The van der Waals surface area contributed by atoms with E-state index in [4.69, 9.17) is 11.6 Å². The van der Waals surface area contributed by atoms with E-state index in [1.54, 1.807) is 27.1 Å². The van der Waals surface area contributed by atoms with E-state index in [0.29, 0.717) is 17.5 Å². The number of aromatic nitrogens is 5. The minimum absolute atomic E-state index is 0.0186. The van der Waals surface area contributed by atoms with E-state index >= 15 is 4.39 Å². The summed E-state index contributed by atoms with van der Waals surface area (Å²) >= 11 is 6.36. The fraction of sp³-hybridized carbons (Fsp3) is 0.387. The molecule has 0 radical (unpaired) electrons. The predicted molar refractivity (Wildman–Crippen MR) is 160 cm³/mol. The quantitative estimate of drug-likeness (QED) is 0.278. The summed E-state index contributed by atoms with van der Waals surface area (Å²) in [5, 5.41) is 11.0. The Morgan fingerprint density at radius 1 is 1.11 bits per heavy atom. The van der Waals surface area contributed by atoms with Crippen molar-refractivity contribution in [3.05, 3.63) is 92.3 Å². The molecule has 0 saturated heterocycles. The Morgan fingerprint density at radius 3 is 2.47 bits per heavy atom. The maximum atomic E-state index is 15.1. The van der Waals surface area contributed by atoms with Crippen molar-refractivity contribution in [3.8, 4) is 11.3 Å². The third kappa shape index (κ3) is 6.03. The van der Waals surface area contributed by atoms with Crippen LogP contribution >= 0.6 is 11.6 Å². The first kappa shape index (κ1) is 32.4. The molecule has 3 unspecified atom stereocenters.